The number of anilines is 1. The predicted molar refractivity (Wildman–Crippen MR) is 71.2 cm³/mol. The van der Waals surface area contributed by atoms with Crippen LogP contribution in [0.25, 0.3) is 0 Å². The summed E-state index contributed by atoms with van der Waals surface area (Å²) in [7, 11) is 0. The van der Waals surface area contributed by atoms with Crippen LogP contribution in [0.5, 0.6) is 0 Å². The molecule has 1 aliphatic rings. The number of nitrogens with one attached hydrogen (secondary N) is 1. The number of hydrogen-bond acceptors (Lipinski definition) is 3. The highest BCUT2D eigenvalue weighted by atomic mass is 19.1. The fourth-order valence-electron chi connectivity index (χ4n) is 2.12. The standard InChI is InChI=1S/C14H21FN2O/c1-2-17(8-9-18)14-5-3-4-13(15)12(14)10-16-11-6-7-11/h3-5,11,16,18H,2,6-10H2,1H3. The Morgan fingerprint density at radius 2 is 2.22 bits per heavy atom. The molecule has 0 unspecified atom stereocenters. The van der Waals surface area contributed by atoms with E-state index in [2.05, 4.69) is 5.32 Å². The zero-order valence-corrected chi connectivity index (χ0v) is 10.8. The summed E-state index contributed by atoms with van der Waals surface area (Å²) in [5.41, 5.74) is 1.60. The molecule has 0 spiro atoms. The third kappa shape index (κ3) is 3.21. The van der Waals surface area contributed by atoms with Crippen molar-refractivity contribution in [1.29, 1.82) is 0 Å². The first-order chi connectivity index (χ1) is 8.76. The molecule has 0 saturated heterocycles. The van der Waals surface area contributed by atoms with Gasteiger partial charge in [0.1, 0.15) is 5.82 Å². The van der Waals surface area contributed by atoms with Crippen molar-refractivity contribution in [2.75, 3.05) is 24.6 Å². The fraction of sp³-hybridized carbons (Fsp3) is 0.571. The van der Waals surface area contributed by atoms with Crippen molar-refractivity contribution in [1.82, 2.24) is 5.32 Å². The Labute approximate surface area is 108 Å². The second-order valence-corrected chi connectivity index (χ2v) is 4.70. The topological polar surface area (TPSA) is 35.5 Å². The smallest absolute Gasteiger partial charge is 0.129 e. The van der Waals surface area contributed by atoms with Gasteiger partial charge in [-0.3, -0.25) is 0 Å². The van der Waals surface area contributed by atoms with Crippen LogP contribution in [0.3, 0.4) is 0 Å². The molecule has 1 aromatic carbocycles. The van der Waals surface area contributed by atoms with Crippen molar-refractivity contribution in [3.63, 3.8) is 0 Å². The number of likely N-dealkylation sites (N-methyl/N-ethyl adjacent to an activating group) is 1. The Balaban J connectivity index is 2.17. The van der Waals surface area contributed by atoms with E-state index in [0.29, 0.717) is 24.7 Å². The van der Waals surface area contributed by atoms with Crippen molar-refractivity contribution >= 4 is 5.69 Å². The quantitative estimate of drug-likeness (QED) is 0.778. The van der Waals surface area contributed by atoms with E-state index in [1.807, 2.05) is 17.9 Å². The molecule has 1 aromatic rings. The number of aliphatic hydroxyl groups excluding tert-OH is 1. The lowest BCUT2D eigenvalue weighted by molar-refractivity contribution is 0.302. The van der Waals surface area contributed by atoms with Gasteiger partial charge >= 0.3 is 0 Å². The first-order valence-corrected chi connectivity index (χ1v) is 6.62. The Bertz CT molecular complexity index is 393. The zero-order valence-electron chi connectivity index (χ0n) is 10.8. The lowest BCUT2D eigenvalue weighted by Gasteiger charge is -2.25. The number of halogens is 1. The SMILES string of the molecule is CCN(CCO)c1cccc(F)c1CNC1CC1. The highest BCUT2D eigenvalue weighted by Crippen LogP contribution is 2.25. The molecule has 2 rings (SSSR count). The van der Waals surface area contributed by atoms with Crippen LogP contribution >= 0.6 is 0 Å². The Hall–Kier alpha value is -1.13. The first-order valence-electron chi connectivity index (χ1n) is 6.62. The maximum absolute atomic E-state index is 13.9. The monoisotopic (exact) mass is 252 g/mol. The van der Waals surface area contributed by atoms with E-state index in [-0.39, 0.29) is 12.4 Å². The lowest BCUT2D eigenvalue weighted by atomic mass is 10.1. The van der Waals surface area contributed by atoms with Gasteiger partial charge in [-0.05, 0) is 31.9 Å². The maximum Gasteiger partial charge on any atom is 0.129 e. The lowest BCUT2D eigenvalue weighted by Crippen LogP contribution is -2.28. The van der Waals surface area contributed by atoms with Crippen LogP contribution in [0.4, 0.5) is 10.1 Å². The minimum Gasteiger partial charge on any atom is -0.395 e. The summed E-state index contributed by atoms with van der Waals surface area (Å²) in [5.74, 6) is -0.169. The van der Waals surface area contributed by atoms with E-state index in [4.69, 9.17) is 5.11 Å². The fourth-order valence-corrected chi connectivity index (χ4v) is 2.12. The van der Waals surface area contributed by atoms with E-state index in [1.54, 1.807) is 6.07 Å². The molecule has 1 fully saturated rings. The summed E-state index contributed by atoms with van der Waals surface area (Å²) < 4.78 is 13.9. The molecule has 0 radical (unpaired) electrons. The molecular formula is C14H21FN2O. The molecule has 0 bridgehead atoms. The molecule has 100 valence electrons. The van der Waals surface area contributed by atoms with E-state index < -0.39 is 0 Å². The van der Waals surface area contributed by atoms with Crippen LogP contribution in [0.15, 0.2) is 18.2 Å². The van der Waals surface area contributed by atoms with E-state index in [1.165, 1.54) is 18.9 Å². The highest BCUT2D eigenvalue weighted by molar-refractivity contribution is 5.54. The Kier molecular flexibility index (Phi) is 4.55. The number of aliphatic hydroxyl groups is 1. The van der Waals surface area contributed by atoms with Crippen molar-refractivity contribution in [3.8, 4) is 0 Å². The summed E-state index contributed by atoms with van der Waals surface area (Å²) in [6.45, 7) is 3.96. The molecule has 4 heteroatoms. The molecule has 0 atom stereocenters. The van der Waals surface area contributed by atoms with Crippen LogP contribution in [0.1, 0.15) is 25.3 Å². The van der Waals surface area contributed by atoms with Gasteiger partial charge in [-0.15, -0.1) is 0 Å². The van der Waals surface area contributed by atoms with Gasteiger partial charge in [0, 0.05) is 36.9 Å². The average Bonchev–Trinajstić information content (AvgIpc) is 3.18. The van der Waals surface area contributed by atoms with Crippen LogP contribution in [0.2, 0.25) is 0 Å². The zero-order chi connectivity index (χ0) is 13.0. The molecule has 0 aromatic heterocycles. The van der Waals surface area contributed by atoms with Gasteiger partial charge in [0.15, 0.2) is 0 Å². The largest absolute Gasteiger partial charge is 0.395 e. The summed E-state index contributed by atoms with van der Waals surface area (Å²) in [6, 6.07) is 5.71. The van der Waals surface area contributed by atoms with Crippen molar-refractivity contribution in [2.45, 2.75) is 32.4 Å². The van der Waals surface area contributed by atoms with E-state index >= 15 is 0 Å². The molecule has 1 aliphatic carbocycles. The van der Waals surface area contributed by atoms with Gasteiger partial charge in [0.2, 0.25) is 0 Å². The van der Waals surface area contributed by atoms with Crippen molar-refractivity contribution < 1.29 is 9.50 Å². The molecule has 0 aliphatic heterocycles. The number of hydrogen-bond donors (Lipinski definition) is 2. The molecule has 2 N–H and O–H groups in total. The average molecular weight is 252 g/mol. The second kappa shape index (κ2) is 6.16. The van der Waals surface area contributed by atoms with E-state index in [9.17, 15) is 4.39 Å². The van der Waals surface area contributed by atoms with Crippen LogP contribution in [-0.2, 0) is 6.54 Å². The van der Waals surface area contributed by atoms with Crippen molar-refractivity contribution in [3.05, 3.63) is 29.6 Å². The third-order valence-corrected chi connectivity index (χ3v) is 3.33. The van der Waals surface area contributed by atoms with Crippen LogP contribution < -0.4 is 10.2 Å². The van der Waals surface area contributed by atoms with E-state index in [0.717, 1.165) is 12.2 Å². The van der Waals surface area contributed by atoms with Crippen LogP contribution in [0, 0.1) is 5.82 Å². The van der Waals surface area contributed by atoms with Gasteiger partial charge in [-0.1, -0.05) is 6.07 Å². The molecule has 1 saturated carbocycles. The first kappa shape index (κ1) is 13.3. The van der Waals surface area contributed by atoms with Gasteiger partial charge in [-0.25, -0.2) is 4.39 Å². The second-order valence-electron chi connectivity index (χ2n) is 4.70. The Morgan fingerprint density at radius 3 is 2.83 bits per heavy atom. The van der Waals surface area contributed by atoms with Gasteiger partial charge in [0.25, 0.3) is 0 Å². The molecular weight excluding hydrogens is 231 g/mol. The van der Waals surface area contributed by atoms with Crippen LogP contribution in [-0.4, -0.2) is 30.8 Å². The Morgan fingerprint density at radius 1 is 1.44 bits per heavy atom. The highest BCUT2D eigenvalue weighted by Gasteiger charge is 2.22. The molecule has 0 amide bonds. The minimum atomic E-state index is -0.169. The summed E-state index contributed by atoms with van der Waals surface area (Å²) >= 11 is 0. The third-order valence-electron chi connectivity index (χ3n) is 3.33. The van der Waals surface area contributed by atoms with Gasteiger partial charge < -0.3 is 15.3 Å². The molecule has 0 heterocycles. The molecule has 18 heavy (non-hydrogen) atoms. The summed E-state index contributed by atoms with van der Waals surface area (Å²) in [5, 5.41) is 12.4. The number of rotatable bonds is 7. The summed E-state index contributed by atoms with van der Waals surface area (Å²) in [6.07, 6.45) is 2.38. The maximum atomic E-state index is 13.9. The normalized spacial score (nSPS) is 14.8. The van der Waals surface area contributed by atoms with Crippen molar-refractivity contribution in [2.24, 2.45) is 0 Å². The number of nitrogens with zero attached hydrogens (tertiary/aromatic N) is 1. The summed E-state index contributed by atoms with van der Waals surface area (Å²) in [4.78, 5) is 2.01. The minimum absolute atomic E-state index is 0.0832. The van der Waals surface area contributed by atoms with Gasteiger partial charge in [-0.2, -0.15) is 0 Å². The molecule has 3 nitrogen and oxygen atoms in total. The predicted octanol–water partition coefficient (Wildman–Crippen LogP) is 1.90. The number of benzene rings is 1. The van der Waals surface area contributed by atoms with Gasteiger partial charge in [0.05, 0.1) is 6.61 Å².